The van der Waals surface area contributed by atoms with Crippen LogP contribution in [0.15, 0.2) is 42.5 Å². The van der Waals surface area contributed by atoms with Crippen molar-refractivity contribution in [3.63, 3.8) is 0 Å². The Morgan fingerprint density at radius 3 is 2.60 bits per heavy atom. The summed E-state index contributed by atoms with van der Waals surface area (Å²) in [6.07, 6.45) is 2.90. The average molecular weight is 472 g/mol. The third-order valence-corrected chi connectivity index (χ3v) is 7.77. The number of halogens is 1. The van der Waals surface area contributed by atoms with Gasteiger partial charge in [-0.15, -0.1) is 0 Å². The van der Waals surface area contributed by atoms with E-state index in [0.717, 1.165) is 11.1 Å². The number of amides is 3. The summed E-state index contributed by atoms with van der Waals surface area (Å²) in [4.78, 5) is 33.5. The molecule has 1 spiro atoms. The minimum atomic E-state index is -1.07. The molecule has 1 aliphatic carbocycles. The number of piperidine rings is 1. The van der Waals surface area contributed by atoms with Crippen molar-refractivity contribution in [2.45, 2.75) is 43.2 Å². The number of fused-ring (bicyclic) bond motifs is 2. The van der Waals surface area contributed by atoms with Gasteiger partial charge in [0.05, 0.1) is 17.2 Å². The van der Waals surface area contributed by atoms with Crippen LogP contribution in [0.3, 0.4) is 0 Å². The average Bonchev–Trinajstić information content (AvgIpc) is 3.36. The third-order valence-electron chi connectivity index (χ3n) is 7.77. The number of rotatable bonds is 5. The van der Waals surface area contributed by atoms with Crippen molar-refractivity contribution in [1.29, 1.82) is 5.26 Å². The first-order chi connectivity index (χ1) is 16.9. The van der Waals surface area contributed by atoms with Gasteiger partial charge < -0.3 is 15.1 Å². The Kier molecular flexibility index (Phi) is 5.78. The molecule has 2 saturated heterocycles. The van der Waals surface area contributed by atoms with E-state index in [1.807, 2.05) is 18.2 Å². The smallest absolute Gasteiger partial charge is 0.319 e. The van der Waals surface area contributed by atoms with E-state index in [0.29, 0.717) is 69.4 Å². The molecule has 3 amide bonds. The number of likely N-dealkylation sites (tertiary alicyclic amines) is 1. The van der Waals surface area contributed by atoms with Gasteiger partial charge >= 0.3 is 6.03 Å². The fraction of sp³-hybridized carbons (Fsp3) is 0.407. The molecule has 8 heteroatoms. The number of nitrogens with one attached hydrogen (secondary N) is 1. The minimum absolute atomic E-state index is 0.258. The third kappa shape index (κ3) is 3.75. The summed E-state index contributed by atoms with van der Waals surface area (Å²) in [5.74, 6) is -0.596. The summed E-state index contributed by atoms with van der Waals surface area (Å²) in [5.41, 5.74) is 1.07. The molecule has 2 aliphatic heterocycles. The van der Waals surface area contributed by atoms with Crippen molar-refractivity contribution >= 4 is 11.9 Å². The number of carbonyl (C=O) groups excluding carboxylic acids is 2. The van der Waals surface area contributed by atoms with Crippen molar-refractivity contribution in [2.24, 2.45) is 0 Å². The van der Waals surface area contributed by atoms with E-state index in [9.17, 15) is 19.2 Å². The highest BCUT2D eigenvalue weighted by molar-refractivity contribution is 6.08. The maximum Gasteiger partial charge on any atom is 0.325 e. The van der Waals surface area contributed by atoms with Crippen LogP contribution in [-0.2, 0) is 22.3 Å². The first-order valence-electron chi connectivity index (χ1n) is 12.0. The van der Waals surface area contributed by atoms with Gasteiger partial charge in [-0.3, -0.25) is 9.69 Å². The maximum absolute atomic E-state index is 13.6. The number of aryl methyl sites for hydroxylation is 1. The van der Waals surface area contributed by atoms with E-state index in [2.05, 4.69) is 21.1 Å². The SMILES string of the molecule is [C-]#[N+]C1(c2ccccc2C#N)CCN(CCCN2C(=O)NC3(CCc4cc(F)ccc43)C2=O)CC1. The highest BCUT2D eigenvalue weighted by Crippen LogP contribution is 2.42. The van der Waals surface area contributed by atoms with Gasteiger partial charge in [0, 0.05) is 32.5 Å². The second-order valence-corrected chi connectivity index (χ2v) is 9.59. The number of carbonyl (C=O) groups is 2. The predicted molar refractivity (Wildman–Crippen MR) is 126 cm³/mol. The summed E-state index contributed by atoms with van der Waals surface area (Å²) >= 11 is 0. The van der Waals surface area contributed by atoms with Crippen LogP contribution < -0.4 is 5.32 Å². The molecule has 1 unspecified atom stereocenters. The van der Waals surface area contributed by atoms with Crippen LogP contribution in [0.25, 0.3) is 4.85 Å². The summed E-state index contributed by atoms with van der Waals surface area (Å²) in [5, 5.41) is 12.4. The lowest BCUT2D eigenvalue weighted by Crippen LogP contribution is -2.43. The maximum atomic E-state index is 13.6. The number of hydrogen-bond donors (Lipinski definition) is 1. The Morgan fingerprint density at radius 1 is 1.09 bits per heavy atom. The van der Waals surface area contributed by atoms with Crippen molar-refractivity contribution in [3.8, 4) is 6.07 Å². The highest BCUT2D eigenvalue weighted by atomic mass is 19.1. The van der Waals surface area contributed by atoms with Gasteiger partial charge in [-0.2, -0.15) is 5.26 Å². The fourth-order valence-corrected chi connectivity index (χ4v) is 5.85. The number of imide groups is 1. The Labute approximate surface area is 203 Å². The highest BCUT2D eigenvalue weighted by Gasteiger charge is 2.55. The summed E-state index contributed by atoms with van der Waals surface area (Å²) in [6, 6.07) is 13.5. The Hall–Kier alpha value is -3.75. The lowest BCUT2D eigenvalue weighted by atomic mass is 9.79. The van der Waals surface area contributed by atoms with E-state index in [1.165, 1.54) is 17.0 Å². The lowest BCUT2D eigenvalue weighted by molar-refractivity contribution is -0.131. The minimum Gasteiger partial charge on any atom is -0.319 e. The summed E-state index contributed by atoms with van der Waals surface area (Å²) in [7, 11) is 0. The number of nitrogens with zero attached hydrogens (tertiary/aromatic N) is 4. The van der Waals surface area contributed by atoms with E-state index in [1.54, 1.807) is 12.1 Å². The van der Waals surface area contributed by atoms with Crippen molar-refractivity contribution in [2.75, 3.05) is 26.2 Å². The molecular formula is C27H26FN5O2. The Balaban J connectivity index is 1.19. The second kappa shape index (κ2) is 8.79. The molecule has 35 heavy (non-hydrogen) atoms. The standard InChI is InChI=1S/C27H26FN5O2/c1-30-26(22-6-3-2-5-20(22)18-29)11-15-32(16-12-26)13-4-14-33-24(34)27(31-25(33)35)10-9-19-17-21(28)7-8-23(19)27/h2-3,5-8,17H,4,9-16H2,(H,31,35). The molecule has 178 valence electrons. The van der Waals surface area contributed by atoms with Gasteiger partial charge in [-0.25, -0.2) is 15.8 Å². The van der Waals surface area contributed by atoms with Gasteiger partial charge in [-0.1, -0.05) is 18.2 Å². The molecule has 2 aromatic carbocycles. The van der Waals surface area contributed by atoms with Crippen molar-refractivity contribution < 1.29 is 14.0 Å². The summed E-state index contributed by atoms with van der Waals surface area (Å²) in [6.45, 7) is 10.3. The monoisotopic (exact) mass is 471 g/mol. The molecule has 0 saturated carbocycles. The molecule has 5 rings (SSSR count). The molecule has 2 fully saturated rings. The van der Waals surface area contributed by atoms with E-state index in [4.69, 9.17) is 6.57 Å². The van der Waals surface area contributed by atoms with Crippen LogP contribution in [0, 0.1) is 23.7 Å². The molecule has 2 aromatic rings. The Bertz CT molecular complexity index is 1270. The largest absolute Gasteiger partial charge is 0.325 e. The normalized spacial score (nSPS) is 23.1. The predicted octanol–water partition coefficient (Wildman–Crippen LogP) is 3.69. The molecule has 7 nitrogen and oxygen atoms in total. The molecule has 1 N–H and O–H groups in total. The zero-order valence-electron chi connectivity index (χ0n) is 19.4. The molecule has 2 heterocycles. The molecule has 3 aliphatic rings. The topological polar surface area (TPSA) is 80.8 Å². The molecule has 0 radical (unpaired) electrons. The number of urea groups is 1. The molecule has 1 atom stereocenters. The lowest BCUT2D eigenvalue weighted by Gasteiger charge is -2.34. The van der Waals surface area contributed by atoms with Crippen LogP contribution in [0.4, 0.5) is 9.18 Å². The van der Waals surface area contributed by atoms with Crippen LogP contribution in [0.2, 0.25) is 0 Å². The van der Waals surface area contributed by atoms with Crippen LogP contribution in [-0.4, -0.2) is 47.9 Å². The van der Waals surface area contributed by atoms with Crippen LogP contribution in [0.1, 0.15) is 47.9 Å². The van der Waals surface area contributed by atoms with Crippen molar-refractivity contribution in [3.05, 3.63) is 82.0 Å². The number of hydrogen-bond acceptors (Lipinski definition) is 4. The van der Waals surface area contributed by atoms with Gasteiger partial charge in [0.25, 0.3) is 11.4 Å². The molecular weight excluding hydrogens is 445 g/mol. The first kappa shape index (κ1) is 23.0. The first-order valence-corrected chi connectivity index (χ1v) is 12.0. The molecule has 0 aromatic heterocycles. The van der Waals surface area contributed by atoms with Gasteiger partial charge in [0.15, 0.2) is 0 Å². The van der Waals surface area contributed by atoms with Gasteiger partial charge in [0.1, 0.15) is 11.4 Å². The van der Waals surface area contributed by atoms with E-state index < -0.39 is 17.1 Å². The number of benzene rings is 2. The van der Waals surface area contributed by atoms with Crippen LogP contribution in [0.5, 0.6) is 0 Å². The zero-order valence-corrected chi connectivity index (χ0v) is 19.4. The molecule has 0 bridgehead atoms. The van der Waals surface area contributed by atoms with Crippen molar-refractivity contribution in [1.82, 2.24) is 15.1 Å². The van der Waals surface area contributed by atoms with E-state index in [-0.39, 0.29) is 11.7 Å². The van der Waals surface area contributed by atoms with Crippen LogP contribution >= 0.6 is 0 Å². The second-order valence-electron chi connectivity index (χ2n) is 9.59. The quantitative estimate of drug-likeness (QED) is 0.533. The van der Waals surface area contributed by atoms with Gasteiger partial charge in [0.2, 0.25) is 0 Å². The van der Waals surface area contributed by atoms with E-state index >= 15 is 0 Å². The fourth-order valence-electron chi connectivity index (χ4n) is 5.85. The summed E-state index contributed by atoms with van der Waals surface area (Å²) < 4.78 is 13.6. The van der Waals surface area contributed by atoms with Gasteiger partial charge in [-0.05, 0) is 61.2 Å². The zero-order chi connectivity index (χ0) is 24.6. The number of nitriles is 1. The Morgan fingerprint density at radius 2 is 1.86 bits per heavy atom.